The van der Waals surface area contributed by atoms with Gasteiger partial charge in [-0.05, 0) is 59.9 Å². The quantitative estimate of drug-likeness (QED) is 0.142. The first-order valence-electron chi connectivity index (χ1n) is 12.3. The average molecular weight is 551 g/mol. The molecule has 4 aromatic rings. The second kappa shape index (κ2) is 11.3. The number of halogens is 1. The third-order valence-corrected chi connectivity index (χ3v) is 8.98. The van der Waals surface area contributed by atoms with Crippen LogP contribution in [0.4, 0.5) is 0 Å². The summed E-state index contributed by atoms with van der Waals surface area (Å²) in [5.41, 5.74) is 4.13. The smallest absolute Gasteiger partial charge is 0.332 e. The van der Waals surface area contributed by atoms with E-state index in [0.29, 0.717) is 30.7 Å². The lowest BCUT2D eigenvalue weighted by atomic mass is 9.95. The number of amides is 1. The van der Waals surface area contributed by atoms with E-state index in [4.69, 9.17) is 16.3 Å². The third kappa shape index (κ3) is 5.84. The summed E-state index contributed by atoms with van der Waals surface area (Å²) in [5, 5.41) is 3.75. The number of fused-ring (bicyclic) bond motifs is 2. The van der Waals surface area contributed by atoms with E-state index in [1.807, 2.05) is 54.6 Å². The number of ether oxygens (including phenoxy) is 1. The molecule has 1 atom stereocenters. The van der Waals surface area contributed by atoms with Crippen molar-refractivity contribution in [2.45, 2.75) is 42.5 Å². The molecule has 5 rings (SSSR count). The van der Waals surface area contributed by atoms with E-state index in [-0.39, 0.29) is 18.5 Å². The van der Waals surface area contributed by atoms with Gasteiger partial charge in [0.05, 0.1) is 16.8 Å². The van der Waals surface area contributed by atoms with Gasteiger partial charge in [-0.25, -0.2) is 9.78 Å². The summed E-state index contributed by atoms with van der Waals surface area (Å²) in [7, 11) is 0. The van der Waals surface area contributed by atoms with Crippen LogP contribution >= 0.6 is 34.7 Å². The molecule has 1 amide bonds. The topological polar surface area (TPSA) is 68.3 Å². The van der Waals surface area contributed by atoms with Gasteiger partial charge in [-0.3, -0.25) is 4.79 Å². The molecule has 5 nitrogen and oxygen atoms in total. The van der Waals surface area contributed by atoms with Crippen molar-refractivity contribution in [1.29, 1.82) is 0 Å². The zero-order valence-electron chi connectivity index (χ0n) is 20.5. The molecule has 1 aliphatic rings. The highest BCUT2D eigenvalue weighted by atomic mass is 35.5. The maximum atomic E-state index is 13.1. The van der Waals surface area contributed by atoms with E-state index in [9.17, 15) is 9.59 Å². The van der Waals surface area contributed by atoms with Crippen LogP contribution < -0.4 is 5.32 Å². The van der Waals surface area contributed by atoms with Crippen LogP contribution in [-0.2, 0) is 27.2 Å². The van der Waals surface area contributed by atoms with Crippen LogP contribution in [0, 0.1) is 0 Å². The zero-order valence-corrected chi connectivity index (χ0v) is 22.8. The minimum atomic E-state index is -1.08. The highest BCUT2D eigenvalue weighted by Gasteiger charge is 2.46. The Labute approximate surface area is 229 Å². The number of thiazole rings is 1. The molecule has 0 fully saturated rings. The molecule has 1 heterocycles. The van der Waals surface area contributed by atoms with Gasteiger partial charge in [-0.1, -0.05) is 65.8 Å². The van der Waals surface area contributed by atoms with Crippen molar-refractivity contribution in [2.75, 3.05) is 12.4 Å². The Morgan fingerprint density at radius 3 is 2.59 bits per heavy atom. The van der Waals surface area contributed by atoms with Crippen molar-refractivity contribution in [3.8, 4) is 11.1 Å². The Balaban J connectivity index is 1.23. The summed E-state index contributed by atoms with van der Waals surface area (Å²) in [6.45, 7) is 2.05. The maximum absolute atomic E-state index is 13.1. The molecule has 1 aromatic heterocycles. The number of esters is 1. The first kappa shape index (κ1) is 25.8. The summed E-state index contributed by atoms with van der Waals surface area (Å²) >= 11 is 9.37. The number of nitrogens with one attached hydrogen (secondary N) is 1. The van der Waals surface area contributed by atoms with Crippen LogP contribution in [0.1, 0.15) is 30.9 Å². The molecule has 0 spiro atoms. The van der Waals surface area contributed by atoms with Crippen molar-refractivity contribution >= 4 is 56.8 Å². The largest absolute Gasteiger partial charge is 0.464 e. The van der Waals surface area contributed by atoms with E-state index in [1.165, 1.54) is 4.70 Å². The lowest BCUT2D eigenvalue weighted by Crippen LogP contribution is -2.56. The number of rotatable bonds is 9. The Bertz CT molecular complexity index is 1400. The number of aromatic nitrogens is 1. The van der Waals surface area contributed by atoms with Gasteiger partial charge < -0.3 is 10.1 Å². The van der Waals surface area contributed by atoms with Gasteiger partial charge in [-0.15, -0.1) is 11.3 Å². The van der Waals surface area contributed by atoms with Gasteiger partial charge in [0.2, 0.25) is 5.91 Å². The van der Waals surface area contributed by atoms with E-state index in [1.54, 1.807) is 30.0 Å². The van der Waals surface area contributed by atoms with Crippen molar-refractivity contribution < 1.29 is 14.3 Å². The monoisotopic (exact) mass is 550 g/mol. The molecule has 1 unspecified atom stereocenters. The van der Waals surface area contributed by atoms with Gasteiger partial charge >= 0.3 is 5.97 Å². The van der Waals surface area contributed by atoms with Gasteiger partial charge in [-0.2, -0.15) is 0 Å². The van der Waals surface area contributed by atoms with Crippen molar-refractivity contribution in [3.63, 3.8) is 0 Å². The number of hydrogen-bond acceptors (Lipinski definition) is 6. The third-order valence-electron chi connectivity index (χ3n) is 6.46. The molecular formula is C29H27ClN2O3S2. The average Bonchev–Trinajstić information content (AvgIpc) is 3.48. The van der Waals surface area contributed by atoms with Crippen LogP contribution in [0.15, 0.2) is 71.1 Å². The number of carbonyl (C=O) groups is 2. The molecule has 190 valence electrons. The van der Waals surface area contributed by atoms with Crippen molar-refractivity contribution in [3.05, 3.63) is 82.9 Å². The maximum Gasteiger partial charge on any atom is 0.332 e. The number of hydrogen-bond donors (Lipinski definition) is 1. The van der Waals surface area contributed by atoms with Crippen LogP contribution in [0.5, 0.6) is 0 Å². The summed E-state index contributed by atoms with van der Waals surface area (Å²) in [5.74, 6) is 0.268. The molecule has 0 aliphatic heterocycles. The van der Waals surface area contributed by atoms with Crippen molar-refractivity contribution in [2.24, 2.45) is 0 Å². The highest BCUT2D eigenvalue weighted by molar-refractivity contribution is 8.01. The Hall–Kier alpha value is -2.87. The summed E-state index contributed by atoms with van der Waals surface area (Å²) < 4.78 is 7.59. The van der Waals surface area contributed by atoms with Crippen LogP contribution in [0.3, 0.4) is 0 Å². The first-order valence-corrected chi connectivity index (χ1v) is 14.5. The van der Waals surface area contributed by atoms with Crippen LogP contribution in [-0.4, -0.2) is 34.8 Å². The van der Waals surface area contributed by atoms with Crippen LogP contribution in [0.2, 0.25) is 5.02 Å². The Kier molecular flexibility index (Phi) is 7.84. The molecule has 0 bridgehead atoms. The molecule has 0 saturated carbocycles. The molecule has 37 heavy (non-hydrogen) atoms. The normalized spacial score (nSPS) is 16.5. The summed E-state index contributed by atoms with van der Waals surface area (Å²) in [4.78, 5) is 30.7. The lowest BCUT2D eigenvalue weighted by Gasteiger charge is -2.28. The number of benzene rings is 3. The molecule has 1 aliphatic carbocycles. The number of thioether (sulfide) groups is 1. The van der Waals surface area contributed by atoms with Gasteiger partial charge in [0, 0.05) is 30.0 Å². The summed E-state index contributed by atoms with van der Waals surface area (Å²) in [6, 6.07) is 21.9. The van der Waals surface area contributed by atoms with Gasteiger partial charge in [0.1, 0.15) is 5.54 Å². The van der Waals surface area contributed by atoms with Crippen LogP contribution in [0.25, 0.3) is 21.3 Å². The Morgan fingerprint density at radius 2 is 1.81 bits per heavy atom. The molecule has 0 radical (unpaired) electrons. The molecule has 8 heteroatoms. The van der Waals surface area contributed by atoms with E-state index < -0.39 is 5.54 Å². The Morgan fingerprint density at radius 1 is 1.05 bits per heavy atom. The highest BCUT2D eigenvalue weighted by Crippen LogP contribution is 2.35. The number of para-hydroxylation sites is 1. The molecule has 3 aromatic carbocycles. The fraction of sp³-hybridized carbons (Fsp3) is 0.276. The summed E-state index contributed by atoms with van der Waals surface area (Å²) in [6.07, 6.45) is 1.87. The standard InChI is InChI=1S/C29H27ClN2O3S2/c1-2-35-27(34)29(17-21-10-9-20(16-22(21)18-29)19-11-13-23(30)14-12-19)32-26(33)8-5-15-36-28-31-24-6-3-4-7-25(24)37-28/h3-4,6-7,9-14,16H,2,5,8,15,17-18H2,1H3,(H,32,33). The first-order chi connectivity index (χ1) is 18.0. The lowest BCUT2D eigenvalue weighted by molar-refractivity contribution is -0.153. The fourth-order valence-corrected chi connectivity index (χ4v) is 6.89. The zero-order chi connectivity index (χ0) is 25.8. The number of carbonyl (C=O) groups excluding carboxylic acids is 2. The van der Waals surface area contributed by atoms with Crippen molar-refractivity contribution in [1.82, 2.24) is 10.3 Å². The predicted octanol–water partition coefficient (Wildman–Crippen LogP) is 6.71. The van der Waals surface area contributed by atoms with E-state index >= 15 is 0 Å². The second-order valence-corrected chi connectivity index (χ2v) is 11.9. The predicted molar refractivity (Wildman–Crippen MR) is 151 cm³/mol. The second-order valence-electron chi connectivity index (χ2n) is 9.09. The molecule has 1 N–H and O–H groups in total. The minimum Gasteiger partial charge on any atom is -0.464 e. The van der Waals surface area contributed by atoms with Gasteiger partial charge in [0.15, 0.2) is 4.34 Å². The number of nitrogens with zero attached hydrogens (tertiary/aromatic N) is 1. The van der Waals surface area contributed by atoms with E-state index in [2.05, 4.69) is 22.4 Å². The molecular weight excluding hydrogens is 524 g/mol. The minimum absolute atomic E-state index is 0.135. The van der Waals surface area contributed by atoms with E-state index in [0.717, 1.165) is 37.9 Å². The fourth-order valence-electron chi connectivity index (χ4n) is 4.68. The molecule has 0 saturated heterocycles. The van der Waals surface area contributed by atoms with Gasteiger partial charge in [0.25, 0.3) is 0 Å². The SMILES string of the molecule is CCOC(=O)C1(NC(=O)CCCSc2nc3ccccc3s2)Cc2ccc(-c3ccc(Cl)cc3)cc2C1.